The van der Waals surface area contributed by atoms with Gasteiger partial charge in [0.15, 0.2) is 5.84 Å². The van der Waals surface area contributed by atoms with Gasteiger partial charge < -0.3 is 20.1 Å². The predicted octanol–water partition coefficient (Wildman–Crippen LogP) is 1.65. The van der Waals surface area contributed by atoms with E-state index < -0.39 is 15.6 Å². The van der Waals surface area contributed by atoms with Gasteiger partial charge in [-0.15, -0.1) is 4.40 Å². The van der Waals surface area contributed by atoms with E-state index in [2.05, 4.69) is 9.71 Å². The molecule has 1 aliphatic rings. The molecule has 3 aromatic rings. The van der Waals surface area contributed by atoms with Crippen LogP contribution < -0.4 is 10.9 Å². The molecule has 1 aliphatic heterocycles. The van der Waals surface area contributed by atoms with Crippen molar-refractivity contribution in [3.8, 4) is 5.75 Å². The first-order chi connectivity index (χ1) is 13.4. The summed E-state index contributed by atoms with van der Waals surface area (Å²) in [4.78, 5) is 13.1. The lowest BCUT2D eigenvalue weighted by molar-refractivity contribution is 0.280. The van der Waals surface area contributed by atoms with E-state index in [1.54, 1.807) is 42.5 Å². The molecule has 28 heavy (non-hydrogen) atoms. The van der Waals surface area contributed by atoms with Crippen LogP contribution in [-0.2, 0) is 16.6 Å². The summed E-state index contributed by atoms with van der Waals surface area (Å²) in [7, 11) is -4.03. The fourth-order valence-corrected chi connectivity index (χ4v) is 4.40. The molecule has 0 atom stereocenters. The number of hydrogen-bond donors (Lipinski definition) is 3. The Balaban J connectivity index is 2.00. The van der Waals surface area contributed by atoms with Crippen LogP contribution in [-0.4, -0.2) is 35.6 Å². The first-order valence-corrected chi connectivity index (χ1v) is 10.0. The molecule has 0 amide bonds. The van der Waals surface area contributed by atoms with Crippen LogP contribution in [0.15, 0.2) is 62.6 Å². The molecule has 1 aromatic heterocycles. The number of fused-ring (bicyclic) bond motifs is 2. The Hall–Kier alpha value is -3.17. The van der Waals surface area contributed by atoms with Gasteiger partial charge in [0, 0.05) is 18.5 Å². The fourth-order valence-electron chi connectivity index (χ4n) is 3.28. The van der Waals surface area contributed by atoms with Crippen molar-refractivity contribution in [2.45, 2.75) is 17.9 Å². The maximum Gasteiger partial charge on any atom is 0.286 e. The molecule has 0 fully saturated rings. The molecule has 0 spiro atoms. The number of aromatic hydroxyl groups is 1. The van der Waals surface area contributed by atoms with Crippen LogP contribution in [0.3, 0.4) is 0 Å². The number of aliphatic hydroxyl groups excluding tert-OH is 1. The number of rotatable bonds is 4. The van der Waals surface area contributed by atoms with Crippen molar-refractivity contribution in [2.24, 2.45) is 4.40 Å². The van der Waals surface area contributed by atoms with Gasteiger partial charge in [0.2, 0.25) is 0 Å². The molecular formula is C19H17N3O5S. The molecule has 8 nitrogen and oxygen atoms in total. The number of pyridine rings is 1. The zero-order chi connectivity index (χ0) is 19.9. The third-order valence-electron chi connectivity index (χ3n) is 4.55. The summed E-state index contributed by atoms with van der Waals surface area (Å²) in [5.41, 5.74) is -0.0524. The minimum atomic E-state index is -4.03. The standard InChI is InChI=1S/C19H17N3O5S/c23-11-5-10-22-14-8-3-1-6-12(14)17(24)16(19(22)25)18-20-13-7-2-4-9-15(13)28(26,27)21-18/h1-4,6-9,23-24H,5,10-11H2,(H,20,21). The molecule has 2 aromatic carbocycles. The molecule has 2 heterocycles. The Kier molecular flexibility index (Phi) is 4.40. The maximum absolute atomic E-state index is 13.1. The third kappa shape index (κ3) is 2.85. The monoisotopic (exact) mass is 399 g/mol. The topological polar surface area (TPSA) is 121 Å². The van der Waals surface area contributed by atoms with Crippen molar-refractivity contribution in [2.75, 3.05) is 11.9 Å². The van der Waals surface area contributed by atoms with E-state index in [0.29, 0.717) is 17.3 Å². The third-order valence-corrected chi connectivity index (χ3v) is 5.89. The maximum atomic E-state index is 13.1. The van der Waals surface area contributed by atoms with E-state index in [0.717, 1.165) is 0 Å². The average Bonchev–Trinajstić information content (AvgIpc) is 2.68. The number of aromatic nitrogens is 1. The smallest absolute Gasteiger partial charge is 0.286 e. The quantitative estimate of drug-likeness (QED) is 0.613. The summed E-state index contributed by atoms with van der Waals surface area (Å²) in [5, 5.41) is 23.2. The van der Waals surface area contributed by atoms with Crippen molar-refractivity contribution >= 4 is 32.4 Å². The van der Waals surface area contributed by atoms with Crippen LogP contribution in [0.5, 0.6) is 5.75 Å². The molecule has 4 rings (SSSR count). The minimum absolute atomic E-state index is 0.000338. The van der Waals surface area contributed by atoms with Crippen molar-refractivity contribution in [1.82, 2.24) is 4.57 Å². The van der Waals surface area contributed by atoms with Gasteiger partial charge in [-0.1, -0.05) is 24.3 Å². The van der Waals surface area contributed by atoms with Gasteiger partial charge >= 0.3 is 0 Å². The number of anilines is 1. The SMILES string of the molecule is O=c1c(C2=NS(=O)(=O)c3ccccc3N2)c(O)c2ccccc2n1CCCO. The number of nitrogens with one attached hydrogen (secondary N) is 1. The molecule has 9 heteroatoms. The Morgan fingerprint density at radius 1 is 1.07 bits per heavy atom. The van der Waals surface area contributed by atoms with E-state index >= 15 is 0 Å². The molecular weight excluding hydrogens is 382 g/mol. The number of sulfonamides is 1. The zero-order valence-electron chi connectivity index (χ0n) is 14.7. The second-order valence-corrected chi connectivity index (χ2v) is 7.88. The number of para-hydroxylation sites is 2. The number of nitrogens with zero attached hydrogens (tertiary/aromatic N) is 2. The van der Waals surface area contributed by atoms with Crippen LogP contribution in [0.2, 0.25) is 0 Å². The largest absolute Gasteiger partial charge is 0.506 e. The first kappa shape index (κ1) is 18.2. The Morgan fingerprint density at radius 2 is 1.79 bits per heavy atom. The minimum Gasteiger partial charge on any atom is -0.506 e. The van der Waals surface area contributed by atoms with Gasteiger partial charge in [0.1, 0.15) is 16.2 Å². The number of amidine groups is 1. The number of aryl methyl sites for hydroxylation is 1. The van der Waals surface area contributed by atoms with Gasteiger partial charge in [-0.3, -0.25) is 4.79 Å². The Labute approximate surface area is 160 Å². The van der Waals surface area contributed by atoms with Crippen molar-refractivity contribution in [3.63, 3.8) is 0 Å². The van der Waals surface area contributed by atoms with Gasteiger partial charge in [0.25, 0.3) is 15.6 Å². The highest BCUT2D eigenvalue weighted by atomic mass is 32.2. The van der Waals surface area contributed by atoms with Gasteiger partial charge in [-0.2, -0.15) is 8.42 Å². The van der Waals surface area contributed by atoms with Crippen LogP contribution in [0.25, 0.3) is 10.9 Å². The lowest BCUT2D eigenvalue weighted by Crippen LogP contribution is -2.32. The molecule has 144 valence electrons. The Morgan fingerprint density at radius 3 is 2.57 bits per heavy atom. The zero-order valence-corrected chi connectivity index (χ0v) is 15.5. The van der Waals surface area contributed by atoms with Gasteiger partial charge in [-0.05, 0) is 30.7 Å². The molecule has 0 unspecified atom stereocenters. The second kappa shape index (κ2) is 6.77. The summed E-state index contributed by atoms with van der Waals surface area (Å²) in [6.45, 7) is 0.0949. The van der Waals surface area contributed by atoms with Crippen molar-refractivity contribution in [1.29, 1.82) is 0 Å². The van der Waals surface area contributed by atoms with Crippen LogP contribution in [0.4, 0.5) is 5.69 Å². The van der Waals surface area contributed by atoms with E-state index in [1.807, 2.05) is 0 Å². The highest BCUT2D eigenvalue weighted by molar-refractivity contribution is 7.90. The van der Waals surface area contributed by atoms with E-state index in [4.69, 9.17) is 5.11 Å². The molecule has 0 radical (unpaired) electrons. The number of hydrogen-bond acceptors (Lipinski definition) is 6. The first-order valence-electron chi connectivity index (χ1n) is 8.61. The predicted molar refractivity (Wildman–Crippen MR) is 105 cm³/mol. The Bertz CT molecular complexity index is 1280. The van der Waals surface area contributed by atoms with Gasteiger partial charge in [0.05, 0.1) is 11.2 Å². The summed E-state index contributed by atoms with van der Waals surface area (Å²) in [6, 6.07) is 13.0. The van der Waals surface area contributed by atoms with E-state index in [9.17, 15) is 18.3 Å². The summed E-state index contributed by atoms with van der Waals surface area (Å²) in [5.74, 6) is -0.577. The average molecular weight is 399 g/mol. The van der Waals surface area contributed by atoms with Crippen molar-refractivity contribution < 1.29 is 18.6 Å². The van der Waals surface area contributed by atoms with E-state index in [1.165, 1.54) is 10.6 Å². The highest BCUT2D eigenvalue weighted by Gasteiger charge is 2.29. The molecule has 0 saturated heterocycles. The second-order valence-electron chi connectivity index (χ2n) is 6.31. The normalized spacial score (nSPS) is 15.0. The van der Waals surface area contributed by atoms with Gasteiger partial charge in [-0.25, -0.2) is 0 Å². The lowest BCUT2D eigenvalue weighted by Gasteiger charge is -2.20. The fraction of sp³-hybridized carbons (Fsp3) is 0.158. The van der Waals surface area contributed by atoms with E-state index in [-0.39, 0.29) is 40.9 Å². The van der Waals surface area contributed by atoms with Crippen LogP contribution in [0, 0.1) is 0 Å². The molecule has 0 aliphatic carbocycles. The summed E-state index contributed by atoms with van der Waals surface area (Å²) < 4.78 is 30.2. The number of benzene rings is 2. The van der Waals surface area contributed by atoms with Crippen LogP contribution >= 0.6 is 0 Å². The molecule has 0 bridgehead atoms. The highest BCUT2D eigenvalue weighted by Crippen LogP contribution is 2.32. The lowest BCUT2D eigenvalue weighted by atomic mass is 10.1. The van der Waals surface area contributed by atoms with Crippen LogP contribution in [0.1, 0.15) is 12.0 Å². The summed E-state index contributed by atoms with van der Waals surface area (Å²) in [6.07, 6.45) is 0.329. The van der Waals surface area contributed by atoms with Crippen molar-refractivity contribution in [3.05, 3.63) is 64.4 Å². The molecule has 0 saturated carbocycles. The number of aliphatic hydroxyl groups is 1. The summed E-state index contributed by atoms with van der Waals surface area (Å²) >= 11 is 0. The molecule has 3 N–H and O–H groups in total.